The van der Waals surface area contributed by atoms with Gasteiger partial charge in [-0.25, -0.2) is 13.2 Å². The fourth-order valence-corrected chi connectivity index (χ4v) is 5.55. The van der Waals surface area contributed by atoms with E-state index in [-0.39, 0.29) is 35.0 Å². The average molecular weight is 515 g/mol. The van der Waals surface area contributed by atoms with Crippen molar-refractivity contribution in [2.24, 2.45) is 5.92 Å². The van der Waals surface area contributed by atoms with Gasteiger partial charge < -0.3 is 10.1 Å². The molecular weight excluding hydrogens is 480 g/mol. The molecule has 36 heavy (non-hydrogen) atoms. The zero-order chi connectivity index (χ0) is 26.9. The van der Waals surface area contributed by atoms with Gasteiger partial charge >= 0.3 is 6.09 Å². The monoisotopic (exact) mass is 514 g/mol. The Morgan fingerprint density at radius 3 is 2.06 bits per heavy atom. The van der Waals surface area contributed by atoms with E-state index in [1.165, 1.54) is 12.1 Å². The van der Waals surface area contributed by atoms with Crippen molar-refractivity contribution in [3.8, 4) is 0 Å². The van der Waals surface area contributed by atoms with Crippen LogP contribution in [0, 0.1) is 5.92 Å². The third kappa shape index (κ3) is 6.51. The molecule has 0 aromatic heterocycles. The molecule has 3 rings (SSSR count). The summed E-state index contributed by atoms with van der Waals surface area (Å²) in [5, 5.41) is 2.70. The molecule has 8 nitrogen and oxygen atoms in total. The van der Waals surface area contributed by atoms with E-state index in [1.807, 2.05) is 6.07 Å². The Bertz CT molecular complexity index is 1230. The van der Waals surface area contributed by atoms with Gasteiger partial charge in [-0.2, -0.15) is 4.31 Å². The van der Waals surface area contributed by atoms with Crippen molar-refractivity contribution in [2.75, 3.05) is 6.54 Å². The highest BCUT2D eigenvalue weighted by molar-refractivity contribution is 7.89. The summed E-state index contributed by atoms with van der Waals surface area (Å²) < 4.78 is 32.9. The molecule has 1 fully saturated rings. The zero-order valence-electron chi connectivity index (χ0n) is 21.6. The van der Waals surface area contributed by atoms with Crippen LogP contribution in [0.1, 0.15) is 69.8 Å². The van der Waals surface area contributed by atoms with Gasteiger partial charge in [-0.15, -0.1) is 0 Å². The Hall–Kier alpha value is -3.20. The lowest BCUT2D eigenvalue weighted by Crippen LogP contribution is -2.51. The molecule has 0 bridgehead atoms. The summed E-state index contributed by atoms with van der Waals surface area (Å²) in [4.78, 5) is 37.5. The first-order chi connectivity index (χ1) is 16.6. The zero-order valence-corrected chi connectivity index (χ0v) is 22.4. The van der Waals surface area contributed by atoms with Crippen molar-refractivity contribution in [1.82, 2.24) is 9.62 Å². The number of ketones is 1. The molecular formula is C27H34N2O6S. The minimum Gasteiger partial charge on any atom is -0.443 e. The predicted octanol–water partition coefficient (Wildman–Crippen LogP) is 4.51. The second-order valence-corrected chi connectivity index (χ2v) is 12.7. The summed E-state index contributed by atoms with van der Waals surface area (Å²) in [6.45, 7) is 9.82. The van der Waals surface area contributed by atoms with Gasteiger partial charge in [-0.3, -0.25) is 9.59 Å². The highest BCUT2D eigenvalue weighted by atomic mass is 32.2. The van der Waals surface area contributed by atoms with Crippen LogP contribution in [0.15, 0.2) is 59.5 Å². The van der Waals surface area contributed by atoms with Crippen LogP contribution in [0.2, 0.25) is 0 Å². The molecule has 2 aromatic carbocycles. The molecule has 0 heterocycles. The highest BCUT2D eigenvalue weighted by Crippen LogP contribution is 2.47. The quantitative estimate of drug-likeness (QED) is 0.544. The van der Waals surface area contributed by atoms with Crippen molar-refractivity contribution in [1.29, 1.82) is 0 Å². The molecule has 0 saturated heterocycles. The van der Waals surface area contributed by atoms with E-state index in [2.05, 4.69) is 5.32 Å². The van der Waals surface area contributed by atoms with Crippen LogP contribution in [-0.2, 0) is 19.6 Å². The predicted molar refractivity (Wildman–Crippen MR) is 136 cm³/mol. The Labute approximate surface area is 213 Å². The maximum atomic E-state index is 13.4. The van der Waals surface area contributed by atoms with Crippen molar-refractivity contribution >= 4 is 27.8 Å². The molecule has 0 unspecified atom stereocenters. The van der Waals surface area contributed by atoms with Crippen LogP contribution in [0.5, 0.6) is 0 Å². The number of nitrogens with one attached hydrogen (secondary N) is 1. The maximum Gasteiger partial charge on any atom is 0.424 e. The highest BCUT2D eigenvalue weighted by Gasteiger charge is 2.45. The normalized spacial score (nSPS) is 17.7. The second kappa shape index (κ2) is 10.0. The Morgan fingerprint density at radius 2 is 1.53 bits per heavy atom. The molecule has 1 saturated carbocycles. The van der Waals surface area contributed by atoms with Crippen molar-refractivity contribution in [2.45, 2.75) is 69.9 Å². The number of benzene rings is 2. The third-order valence-corrected chi connectivity index (χ3v) is 7.71. The number of rotatable bonds is 7. The summed E-state index contributed by atoms with van der Waals surface area (Å²) in [6, 6.07) is 15.0. The Morgan fingerprint density at radius 1 is 0.944 bits per heavy atom. The van der Waals surface area contributed by atoms with E-state index in [0.29, 0.717) is 12.0 Å². The number of hydrogen-bond acceptors (Lipinski definition) is 6. The van der Waals surface area contributed by atoms with Crippen LogP contribution in [0.25, 0.3) is 0 Å². The van der Waals surface area contributed by atoms with E-state index in [4.69, 9.17) is 4.74 Å². The largest absolute Gasteiger partial charge is 0.443 e. The standard InChI is InChI=1S/C27H34N2O6S/c1-26(2,3)29(25(32)35-27(4,5)6)36(33,34)20-14-12-18(13-15-20)21-16-22(21)24(31)28-17-23(30)19-10-8-7-9-11-19/h7-15,21-22H,16-17H2,1-6H3,(H,28,31)/t21-,22+/m0/s1. The van der Waals surface area contributed by atoms with Crippen LogP contribution in [-0.4, -0.2) is 48.2 Å². The smallest absolute Gasteiger partial charge is 0.424 e. The molecule has 2 aromatic rings. The van der Waals surface area contributed by atoms with Crippen molar-refractivity contribution in [3.05, 3.63) is 65.7 Å². The van der Waals surface area contributed by atoms with Crippen LogP contribution in [0.4, 0.5) is 4.79 Å². The molecule has 1 N–H and O–H groups in total. The van der Waals surface area contributed by atoms with Gasteiger partial charge in [0.1, 0.15) is 5.60 Å². The van der Waals surface area contributed by atoms with Crippen molar-refractivity contribution in [3.63, 3.8) is 0 Å². The number of carbonyl (C=O) groups is 3. The lowest BCUT2D eigenvalue weighted by Gasteiger charge is -2.35. The number of amides is 2. The van der Waals surface area contributed by atoms with Crippen LogP contribution < -0.4 is 5.32 Å². The molecule has 0 radical (unpaired) electrons. The fourth-order valence-electron chi connectivity index (χ4n) is 3.91. The number of carbonyl (C=O) groups excluding carboxylic acids is 3. The lowest BCUT2D eigenvalue weighted by atomic mass is 10.1. The summed E-state index contributed by atoms with van der Waals surface area (Å²) in [5.74, 6) is -0.698. The SMILES string of the molecule is CC(C)(C)OC(=O)N(C(C)(C)C)S(=O)(=O)c1ccc([C@@H]2C[C@H]2C(=O)NCC(=O)c2ccccc2)cc1. The van der Waals surface area contributed by atoms with E-state index >= 15 is 0 Å². The Balaban J connectivity index is 1.67. The van der Waals surface area contributed by atoms with Crippen molar-refractivity contribution < 1.29 is 27.5 Å². The molecule has 2 amide bonds. The summed E-state index contributed by atoms with van der Waals surface area (Å²) >= 11 is 0. The van der Waals surface area contributed by atoms with Gasteiger partial charge in [-0.05, 0) is 71.6 Å². The molecule has 2 atom stereocenters. The van der Waals surface area contributed by atoms with Gasteiger partial charge in [0.2, 0.25) is 5.91 Å². The lowest BCUT2D eigenvalue weighted by molar-refractivity contribution is -0.122. The van der Waals surface area contributed by atoms with E-state index in [1.54, 1.807) is 77.9 Å². The minimum atomic E-state index is -4.18. The topological polar surface area (TPSA) is 110 Å². The van der Waals surface area contributed by atoms with E-state index < -0.39 is 27.3 Å². The minimum absolute atomic E-state index is 0.0397. The van der Waals surface area contributed by atoms with E-state index in [0.717, 1.165) is 9.87 Å². The number of nitrogens with zero attached hydrogens (tertiary/aromatic N) is 1. The van der Waals surface area contributed by atoms with Gasteiger partial charge in [0.25, 0.3) is 10.0 Å². The van der Waals surface area contributed by atoms with Gasteiger partial charge in [0, 0.05) is 11.5 Å². The summed E-state index contributed by atoms with van der Waals surface area (Å²) in [6.07, 6.45) is -0.327. The van der Waals surface area contributed by atoms with Gasteiger partial charge in [0.05, 0.1) is 17.0 Å². The Kier molecular flexibility index (Phi) is 7.64. The summed E-state index contributed by atoms with van der Waals surface area (Å²) in [5.41, 5.74) is -0.537. The molecule has 1 aliphatic carbocycles. The first-order valence-electron chi connectivity index (χ1n) is 11.9. The number of sulfonamides is 1. The third-order valence-electron chi connectivity index (χ3n) is 5.66. The first-order valence-corrected chi connectivity index (χ1v) is 13.3. The number of ether oxygens (including phenoxy) is 1. The molecule has 1 aliphatic rings. The van der Waals surface area contributed by atoms with Gasteiger partial charge in [-0.1, -0.05) is 42.5 Å². The number of hydrogen-bond donors (Lipinski definition) is 1. The maximum absolute atomic E-state index is 13.4. The molecule has 9 heteroatoms. The molecule has 0 aliphatic heterocycles. The van der Waals surface area contributed by atoms with Crippen LogP contribution >= 0.6 is 0 Å². The average Bonchev–Trinajstić information content (AvgIpc) is 3.56. The first kappa shape index (κ1) is 27.4. The molecule has 0 spiro atoms. The van der Waals surface area contributed by atoms with E-state index in [9.17, 15) is 22.8 Å². The second-order valence-electron chi connectivity index (χ2n) is 10.9. The number of Topliss-reactive ketones (excluding diaryl/α,β-unsaturated/α-hetero) is 1. The van der Waals surface area contributed by atoms with Gasteiger partial charge in [0.15, 0.2) is 5.78 Å². The van der Waals surface area contributed by atoms with Crippen LogP contribution in [0.3, 0.4) is 0 Å². The summed E-state index contributed by atoms with van der Waals surface area (Å²) in [7, 11) is -4.18. The fraction of sp³-hybridized carbons (Fsp3) is 0.444. The molecule has 194 valence electrons.